The normalized spacial score (nSPS) is 16.2. The minimum absolute atomic E-state index is 0.0215. The molecule has 2 aromatic rings. The van der Waals surface area contributed by atoms with E-state index in [9.17, 15) is 17.6 Å². The van der Waals surface area contributed by atoms with Crippen molar-refractivity contribution in [1.29, 1.82) is 0 Å². The lowest BCUT2D eigenvalue weighted by molar-refractivity contribution is 0.0947. The summed E-state index contributed by atoms with van der Waals surface area (Å²) in [5.41, 5.74) is 0.712. The molecule has 0 bridgehead atoms. The molecule has 0 unspecified atom stereocenters. The highest BCUT2D eigenvalue weighted by Gasteiger charge is 2.27. The van der Waals surface area contributed by atoms with E-state index in [1.54, 1.807) is 18.2 Å². The number of carbonyl (C=O) groups is 1. The molecule has 8 heteroatoms. The third kappa shape index (κ3) is 4.52. The average Bonchev–Trinajstić information content (AvgIpc) is 2.67. The topological polar surface area (TPSA) is 69.7 Å². The molecule has 27 heavy (non-hydrogen) atoms. The van der Waals surface area contributed by atoms with Crippen LogP contribution < -0.4 is 5.32 Å². The first kappa shape index (κ1) is 19.5. The molecule has 6 nitrogen and oxygen atoms in total. The van der Waals surface area contributed by atoms with Gasteiger partial charge in [-0.2, -0.15) is 4.31 Å². The SMILES string of the molecule is CN1CCN(S(=O)(=O)c2ccc(CNC(=O)c3ccccc3F)cc2)CC1. The second-order valence-electron chi connectivity index (χ2n) is 6.51. The van der Waals surface area contributed by atoms with Gasteiger partial charge in [0.15, 0.2) is 0 Å². The summed E-state index contributed by atoms with van der Waals surface area (Å²) < 4.78 is 40.5. The van der Waals surface area contributed by atoms with Gasteiger partial charge >= 0.3 is 0 Å². The molecule has 1 aliphatic rings. The van der Waals surface area contributed by atoms with Crippen molar-refractivity contribution >= 4 is 15.9 Å². The fourth-order valence-corrected chi connectivity index (χ4v) is 4.30. The Morgan fingerprint density at radius 3 is 2.30 bits per heavy atom. The summed E-state index contributed by atoms with van der Waals surface area (Å²) in [7, 11) is -1.55. The van der Waals surface area contributed by atoms with Gasteiger partial charge in [0.1, 0.15) is 5.82 Å². The summed E-state index contributed by atoms with van der Waals surface area (Å²) in [6.45, 7) is 2.54. The number of benzene rings is 2. The summed E-state index contributed by atoms with van der Waals surface area (Å²) in [4.78, 5) is 14.4. The Kier molecular flexibility index (Phi) is 5.88. The van der Waals surface area contributed by atoms with Gasteiger partial charge < -0.3 is 10.2 Å². The summed E-state index contributed by atoms with van der Waals surface area (Å²) in [6, 6.07) is 12.1. The number of hydrogen-bond donors (Lipinski definition) is 1. The third-order valence-electron chi connectivity index (χ3n) is 4.59. The van der Waals surface area contributed by atoms with Crippen molar-refractivity contribution in [3.8, 4) is 0 Å². The van der Waals surface area contributed by atoms with Crippen LogP contribution in [-0.4, -0.2) is 56.8 Å². The number of amides is 1. The van der Waals surface area contributed by atoms with Gasteiger partial charge in [-0.25, -0.2) is 12.8 Å². The van der Waals surface area contributed by atoms with Crippen molar-refractivity contribution in [2.24, 2.45) is 0 Å². The van der Waals surface area contributed by atoms with Crippen LogP contribution in [0.1, 0.15) is 15.9 Å². The number of hydrogen-bond acceptors (Lipinski definition) is 4. The lowest BCUT2D eigenvalue weighted by Crippen LogP contribution is -2.47. The second kappa shape index (κ2) is 8.16. The number of likely N-dealkylation sites (N-methyl/N-ethyl adjacent to an activating group) is 1. The lowest BCUT2D eigenvalue weighted by atomic mass is 10.2. The van der Waals surface area contributed by atoms with Crippen molar-refractivity contribution in [2.45, 2.75) is 11.4 Å². The molecule has 0 spiro atoms. The Labute approximate surface area is 158 Å². The first-order valence-electron chi connectivity index (χ1n) is 8.68. The van der Waals surface area contributed by atoms with E-state index in [0.29, 0.717) is 26.2 Å². The van der Waals surface area contributed by atoms with E-state index >= 15 is 0 Å². The quantitative estimate of drug-likeness (QED) is 0.842. The third-order valence-corrected chi connectivity index (χ3v) is 6.51. The molecule has 0 aliphatic carbocycles. The van der Waals surface area contributed by atoms with Gasteiger partial charge in [0.05, 0.1) is 10.5 Å². The van der Waals surface area contributed by atoms with E-state index in [4.69, 9.17) is 0 Å². The monoisotopic (exact) mass is 391 g/mol. The molecular weight excluding hydrogens is 369 g/mol. The zero-order valence-electron chi connectivity index (χ0n) is 15.1. The minimum atomic E-state index is -3.51. The average molecular weight is 391 g/mol. The van der Waals surface area contributed by atoms with Crippen LogP contribution in [0.3, 0.4) is 0 Å². The first-order valence-corrected chi connectivity index (χ1v) is 10.1. The molecule has 1 saturated heterocycles. The predicted molar refractivity (Wildman–Crippen MR) is 100 cm³/mol. The number of nitrogens with zero attached hydrogens (tertiary/aromatic N) is 2. The Morgan fingerprint density at radius 1 is 1.04 bits per heavy atom. The van der Waals surface area contributed by atoms with E-state index in [2.05, 4.69) is 10.2 Å². The van der Waals surface area contributed by atoms with Crippen LogP contribution in [0.4, 0.5) is 4.39 Å². The van der Waals surface area contributed by atoms with Crippen molar-refractivity contribution in [3.63, 3.8) is 0 Å². The van der Waals surface area contributed by atoms with Crippen molar-refractivity contribution in [1.82, 2.24) is 14.5 Å². The fraction of sp³-hybridized carbons (Fsp3) is 0.316. The smallest absolute Gasteiger partial charge is 0.254 e. The van der Waals surface area contributed by atoms with Crippen LogP contribution in [-0.2, 0) is 16.6 Å². The predicted octanol–water partition coefficient (Wildman–Crippen LogP) is 1.69. The lowest BCUT2D eigenvalue weighted by Gasteiger charge is -2.31. The summed E-state index contributed by atoms with van der Waals surface area (Å²) in [5.74, 6) is -1.09. The molecule has 0 radical (unpaired) electrons. The van der Waals surface area contributed by atoms with Gasteiger partial charge in [0, 0.05) is 32.7 Å². The highest BCUT2D eigenvalue weighted by atomic mass is 32.2. The zero-order chi connectivity index (χ0) is 19.4. The summed E-state index contributed by atoms with van der Waals surface area (Å²) in [5, 5.41) is 2.64. The standard InChI is InChI=1S/C19H22FN3O3S/c1-22-10-12-23(13-11-22)27(25,26)16-8-6-15(7-9-16)14-21-19(24)17-4-2-3-5-18(17)20/h2-9H,10-14H2,1H3,(H,21,24). The van der Waals surface area contributed by atoms with Crippen molar-refractivity contribution in [2.75, 3.05) is 33.2 Å². The Balaban J connectivity index is 1.63. The van der Waals surface area contributed by atoms with E-state index in [1.165, 1.54) is 34.6 Å². The fourth-order valence-electron chi connectivity index (χ4n) is 2.88. The highest BCUT2D eigenvalue weighted by molar-refractivity contribution is 7.89. The van der Waals surface area contributed by atoms with Gasteiger partial charge in [-0.05, 0) is 36.9 Å². The Bertz CT molecular complexity index is 908. The molecule has 1 N–H and O–H groups in total. The molecule has 1 aliphatic heterocycles. The molecule has 1 amide bonds. The number of sulfonamides is 1. The van der Waals surface area contributed by atoms with E-state index in [-0.39, 0.29) is 17.0 Å². The minimum Gasteiger partial charge on any atom is -0.348 e. The van der Waals surface area contributed by atoms with Gasteiger partial charge in [-0.15, -0.1) is 0 Å². The molecule has 144 valence electrons. The number of carbonyl (C=O) groups excluding carboxylic acids is 1. The molecule has 0 atom stereocenters. The number of halogens is 1. The van der Waals surface area contributed by atoms with E-state index in [1.807, 2.05) is 7.05 Å². The maximum atomic E-state index is 13.6. The largest absolute Gasteiger partial charge is 0.348 e. The van der Waals surface area contributed by atoms with Crippen LogP contribution in [0.5, 0.6) is 0 Å². The van der Waals surface area contributed by atoms with Crippen molar-refractivity contribution < 1.29 is 17.6 Å². The van der Waals surface area contributed by atoms with E-state index < -0.39 is 21.7 Å². The Morgan fingerprint density at radius 2 is 1.67 bits per heavy atom. The van der Waals surface area contributed by atoms with Gasteiger partial charge in [0.2, 0.25) is 10.0 Å². The van der Waals surface area contributed by atoms with Crippen molar-refractivity contribution in [3.05, 3.63) is 65.5 Å². The maximum absolute atomic E-state index is 13.6. The van der Waals surface area contributed by atoms with Crippen LogP contribution in [0.2, 0.25) is 0 Å². The number of piperazine rings is 1. The van der Waals surface area contributed by atoms with Gasteiger partial charge in [-0.1, -0.05) is 24.3 Å². The van der Waals surface area contributed by atoms with Crippen LogP contribution in [0.15, 0.2) is 53.4 Å². The molecular formula is C19H22FN3O3S. The summed E-state index contributed by atoms with van der Waals surface area (Å²) >= 11 is 0. The van der Waals surface area contributed by atoms with Gasteiger partial charge in [0.25, 0.3) is 5.91 Å². The van der Waals surface area contributed by atoms with Crippen LogP contribution in [0, 0.1) is 5.82 Å². The highest BCUT2D eigenvalue weighted by Crippen LogP contribution is 2.18. The Hall–Kier alpha value is -2.29. The molecule has 2 aromatic carbocycles. The molecule has 1 heterocycles. The van der Waals surface area contributed by atoms with Crippen LogP contribution in [0.25, 0.3) is 0 Å². The maximum Gasteiger partial charge on any atom is 0.254 e. The zero-order valence-corrected chi connectivity index (χ0v) is 15.9. The van der Waals surface area contributed by atoms with E-state index in [0.717, 1.165) is 5.56 Å². The molecule has 0 aromatic heterocycles. The van der Waals surface area contributed by atoms with Gasteiger partial charge in [-0.3, -0.25) is 4.79 Å². The molecule has 1 fully saturated rings. The van der Waals surface area contributed by atoms with Crippen LogP contribution >= 0.6 is 0 Å². The molecule has 3 rings (SSSR count). The number of rotatable bonds is 5. The number of nitrogens with one attached hydrogen (secondary N) is 1. The first-order chi connectivity index (χ1) is 12.9. The summed E-state index contributed by atoms with van der Waals surface area (Å²) in [6.07, 6.45) is 0. The second-order valence-corrected chi connectivity index (χ2v) is 8.45. The molecule has 0 saturated carbocycles.